The number of hydrogen-bond donors (Lipinski definition) is 4. The number of nitrogen functional groups attached to an aromatic ring is 1. The first-order chi connectivity index (χ1) is 13.6. The minimum atomic E-state index is -1.54. The van der Waals surface area contributed by atoms with Gasteiger partial charge in [-0.2, -0.15) is 0 Å². The van der Waals surface area contributed by atoms with Gasteiger partial charge in [-0.05, 0) is 24.5 Å². The van der Waals surface area contributed by atoms with Gasteiger partial charge in [0.2, 0.25) is 5.43 Å². The van der Waals surface area contributed by atoms with E-state index >= 15 is 0 Å². The lowest BCUT2D eigenvalue weighted by Crippen LogP contribution is -2.26. The Kier molecular flexibility index (Phi) is 5.06. The third kappa shape index (κ3) is 3.01. The van der Waals surface area contributed by atoms with Crippen molar-refractivity contribution in [1.82, 2.24) is 4.57 Å². The zero-order chi connectivity index (χ0) is 21.6. The normalized spacial score (nSPS) is 11.1. The smallest absolute Gasteiger partial charge is 0.341 e. The highest BCUT2D eigenvalue weighted by Crippen LogP contribution is 2.28. The van der Waals surface area contributed by atoms with Crippen molar-refractivity contribution in [2.75, 3.05) is 18.1 Å². The fourth-order valence-electron chi connectivity index (χ4n) is 3.32. The molecule has 0 fully saturated rings. The standard InChI is InChI=1S/C19H16BF2N3O4/c1-7-13-17(14(20)16(24-2)15(7)22)25(5-9(18(13)27)19(28)29)12-4-11(23)10(21)3-8(12)6-26/h3-5,24,26H,6,23H2,1-2H3,(H,28,29). The van der Waals surface area contributed by atoms with Crippen LogP contribution in [0.4, 0.5) is 20.2 Å². The van der Waals surface area contributed by atoms with Crippen LogP contribution in [0.5, 0.6) is 0 Å². The predicted molar refractivity (Wildman–Crippen MR) is 106 cm³/mol. The number of carboxylic acid groups (broad SMARTS) is 1. The second kappa shape index (κ2) is 7.21. The SMILES string of the molecule is [B]c1c(NC)c(F)c(C)c2c(=O)c(C(=O)O)cn(-c3cc(N)c(F)cc3CO)c12. The Labute approximate surface area is 164 Å². The van der Waals surface area contributed by atoms with Crippen LogP contribution >= 0.6 is 0 Å². The summed E-state index contributed by atoms with van der Waals surface area (Å²) in [5.74, 6) is -3.13. The quantitative estimate of drug-likeness (QED) is 0.387. The summed E-state index contributed by atoms with van der Waals surface area (Å²) in [6.45, 7) is 0.711. The molecule has 0 unspecified atom stereocenters. The number of carboxylic acids is 1. The number of aromatic carboxylic acids is 1. The number of pyridine rings is 1. The van der Waals surface area contributed by atoms with Crippen LogP contribution in [0.15, 0.2) is 23.1 Å². The Morgan fingerprint density at radius 2 is 2.00 bits per heavy atom. The first kappa shape index (κ1) is 20.3. The summed E-state index contributed by atoms with van der Waals surface area (Å²) in [6, 6.07) is 2.16. The summed E-state index contributed by atoms with van der Waals surface area (Å²) in [4.78, 5) is 24.4. The fourth-order valence-corrected chi connectivity index (χ4v) is 3.32. The van der Waals surface area contributed by atoms with Crippen LogP contribution in [0.25, 0.3) is 16.6 Å². The molecule has 0 saturated heterocycles. The highest BCUT2D eigenvalue weighted by atomic mass is 19.1. The van der Waals surface area contributed by atoms with E-state index in [2.05, 4.69) is 5.32 Å². The second-order valence-electron chi connectivity index (χ2n) is 6.41. The average molecular weight is 399 g/mol. The van der Waals surface area contributed by atoms with Crippen molar-refractivity contribution in [3.8, 4) is 5.69 Å². The minimum Gasteiger partial charge on any atom is -0.477 e. The van der Waals surface area contributed by atoms with E-state index in [9.17, 15) is 28.6 Å². The van der Waals surface area contributed by atoms with Crippen LogP contribution in [0.1, 0.15) is 21.5 Å². The molecule has 0 amide bonds. The van der Waals surface area contributed by atoms with Gasteiger partial charge in [0.25, 0.3) is 0 Å². The molecule has 3 aromatic rings. The number of aromatic nitrogens is 1. The van der Waals surface area contributed by atoms with Crippen LogP contribution < -0.4 is 21.9 Å². The molecule has 3 rings (SSSR count). The minimum absolute atomic E-state index is 0.00366. The van der Waals surface area contributed by atoms with Crippen molar-refractivity contribution >= 4 is 41.6 Å². The number of carbonyl (C=O) groups is 1. The maximum atomic E-state index is 14.8. The molecule has 2 aromatic carbocycles. The van der Waals surface area contributed by atoms with Gasteiger partial charge in [0.15, 0.2) is 0 Å². The lowest BCUT2D eigenvalue weighted by Gasteiger charge is -2.21. The van der Waals surface area contributed by atoms with Gasteiger partial charge in [-0.25, -0.2) is 13.6 Å². The molecule has 0 aliphatic heterocycles. The Balaban J connectivity index is 2.66. The molecule has 0 saturated carbocycles. The highest BCUT2D eigenvalue weighted by molar-refractivity contribution is 6.42. The Hall–Kier alpha value is -3.40. The van der Waals surface area contributed by atoms with Gasteiger partial charge in [0.05, 0.1) is 34.6 Å². The number of aryl methyl sites for hydroxylation is 1. The lowest BCUT2D eigenvalue weighted by molar-refractivity contribution is 0.0695. The van der Waals surface area contributed by atoms with Gasteiger partial charge in [-0.3, -0.25) is 4.79 Å². The number of benzene rings is 2. The van der Waals surface area contributed by atoms with E-state index in [0.29, 0.717) is 0 Å². The second-order valence-corrected chi connectivity index (χ2v) is 6.41. The first-order valence-electron chi connectivity index (χ1n) is 8.41. The predicted octanol–water partition coefficient (Wildman–Crippen LogP) is 1.19. The van der Waals surface area contributed by atoms with Gasteiger partial charge in [0, 0.05) is 24.4 Å². The van der Waals surface area contributed by atoms with E-state index in [0.717, 1.165) is 12.3 Å². The monoisotopic (exact) mass is 399 g/mol. The van der Waals surface area contributed by atoms with E-state index in [1.54, 1.807) is 0 Å². The van der Waals surface area contributed by atoms with Crippen LogP contribution in [-0.2, 0) is 6.61 Å². The molecule has 0 aliphatic rings. The summed E-state index contributed by atoms with van der Waals surface area (Å²) in [5.41, 5.74) is 3.61. The van der Waals surface area contributed by atoms with Crippen LogP contribution in [0.2, 0.25) is 0 Å². The number of rotatable bonds is 4. The van der Waals surface area contributed by atoms with Crippen LogP contribution in [0.3, 0.4) is 0 Å². The van der Waals surface area contributed by atoms with E-state index < -0.39 is 35.2 Å². The van der Waals surface area contributed by atoms with Crippen molar-refractivity contribution in [3.63, 3.8) is 0 Å². The molecule has 10 heteroatoms. The largest absolute Gasteiger partial charge is 0.477 e. The van der Waals surface area contributed by atoms with Crippen molar-refractivity contribution in [2.45, 2.75) is 13.5 Å². The van der Waals surface area contributed by atoms with Crippen molar-refractivity contribution in [3.05, 3.63) is 56.9 Å². The number of aliphatic hydroxyl groups excluding tert-OH is 1. The number of halogens is 2. The molecule has 29 heavy (non-hydrogen) atoms. The average Bonchev–Trinajstić information content (AvgIpc) is 2.68. The lowest BCUT2D eigenvalue weighted by atomic mass is 9.87. The molecular formula is C19H16BF2N3O4. The number of fused-ring (bicyclic) bond motifs is 1. The van der Waals surface area contributed by atoms with Crippen molar-refractivity contribution < 1.29 is 23.8 Å². The highest BCUT2D eigenvalue weighted by Gasteiger charge is 2.24. The number of anilines is 2. The molecule has 1 aromatic heterocycles. The third-order valence-corrected chi connectivity index (χ3v) is 4.76. The van der Waals surface area contributed by atoms with Gasteiger partial charge < -0.3 is 25.8 Å². The van der Waals surface area contributed by atoms with E-state index in [1.807, 2.05) is 0 Å². The molecule has 7 nitrogen and oxygen atoms in total. The topological polar surface area (TPSA) is 118 Å². The van der Waals surface area contributed by atoms with Gasteiger partial charge in [-0.15, -0.1) is 0 Å². The van der Waals surface area contributed by atoms with E-state index in [1.165, 1.54) is 24.6 Å². The van der Waals surface area contributed by atoms with Gasteiger partial charge in [0.1, 0.15) is 25.0 Å². The van der Waals surface area contributed by atoms with E-state index in [-0.39, 0.29) is 44.6 Å². The molecule has 0 atom stereocenters. The Morgan fingerprint density at radius 3 is 2.55 bits per heavy atom. The summed E-state index contributed by atoms with van der Waals surface area (Å²) in [6.07, 6.45) is 0.992. The first-order valence-corrected chi connectivity index (χ1v) is 8.41. The van der Waals surface area contributed by atoms with Gasteiger partial charge >= 0.3 is 5.97 Å². The third-order valence-electron chi connectivity index (χ3n) is 4.76. The molecule has 0 bridgehead atoms. The number of nitrogens with two attached hydrogens (primary N) is 1. The Bertz CT molecular complexity index is 1240. The number of aliphatic hydroxyl groups is 1. The van der Waals surface area contributed by atoms with E-state index in [4.69, 9.17) is 13.6 Å². The molecule has 0 spiro atoms. The summed E-state index contributed by atoms with van der Waals surface area (Å²) >= 11 is 0. The summed E-state index contributed by atoms with van der Waals surface area (Å²) in [7, 11) is 7.55. The maximum Gasteiger partial charge on any atom is 0.341 e. The van der Waals surface area contributed by atoms with Gasteiger partial charge in [-0.1, -0.05) is 0 Å². The van der Waals surface area contributed by atoms with Crippen molar-refractivity contribution in [2.24, 2.45) is 0 Å². The zero-order valence-corrected chi connectivity index (χ0v) is 15.5. The summed E-state index contributed by atoms with van der Waals surface area (Å²) in [5, 5.41) is 21.5. The molecule has 148 valence electrons. The Morgan fingerprint density at radius 1 is 1.34 bits per heavy atom. The molecule has 5 N–H and O–H groups in total. The maximum absolute atomic E-state index is 14.8. The molecule has 1 heterocycles. The summed E-state index contributed by atoms with van der Waals surface area (Å²) < 4.78 is 29.8. The number of hydrogen-bond acceptors (Lipinski definition) is 5. The van der Waals surface area contributed by atoms with Crippen LogP contribution in [0, 0.1) is 18.6 Å². The zero-order valence-electron chi connectivity index (χ0n) is 15.5. The number of nitrogens with one attached hydrogen (secondary N) is 1. The molecule has 2 radical (unpaired) electrons. The van der Waals surface area contributed by atoms with Crippen LogP contribution in [-0.4, -0.2) is 35.6 Å². The fraction of sp³-hybridized carbons (Fsp3) is 0.158. The molecule has 0 aliphatic carbocycles. The molecular weight excluding hydrogens is 383 g/mol. The number of nitrogens with zero attached hydrogens (tertiary/aromatic N) is 1. The van der Waals surface area contributed by atoms with Crippen molar-refractivity contribution in [1.29, 1.82) is 0 Å².